The van der Waals surface area contributed by atoms with Crippen LogP contribution in [0.1, 0.15) is 41.6 Å². The fourth-order valence-corrected chi connectivity index (χ4v) is 3.48. The monoisotopic (exact) mass is 322 g/mol. The predicted molar refractivity (Wildman–Crippen MR) is 99.4 cm³/mol. The number of rotatable bonds is 5. The number of nitrogens with one attached hydrogen (secondary N) is 1. The van der Waals surface area contributed by atoms with E-state index < -0.39 is 0 Å². The Morgan fingerprint density at radius 2 is 1.83 bits per heavy atom. The Labute approximate surface area is 144 Å². The van der Waals surface area contributed by atoms with Gasteiger partial charge >= 0.3 is 0 Å². The van der Waals surface area contributed by atoms with Gasteiger partial charge in [0.1, 0.15) is 0 Å². The lowest BCUT2D eigenvalue weighted by molar-refractivity contribution is 0.102. The second-order valence-corrected chi connectivity index (χ2v) is 6.65. The lowest BCUT2D eigenvalue weighted by Crippen LogP contribution is -2.36. The van der Waals surface area contributed by atoms with E-state index in [1.54, 1.807) is 0 Å². The van der Waals surface area contributed by atoms with Crippen LogP contribution >= 0.6 is 0 Å². The summed E-state index contributed by atoms with van der Waals surface area (Å²) in [6.45, 7) is 1.21. The second kappa shape index (κ2) is 8.11. The van der Waals surface area contributed by atoms with Crippen molar-refractivity contribution in [3.8, 4) is 0 Å². The van der Waals surface area contributed by atoms with Gasteiger partial charge in [-0.15, -0.1) is 0 Å². The van der Waals surface area contributed by atoms with Crippen LogP contribution in [0.3, 0.4) is 0 Å². The van der Waals surface area contributed by atoms with E-state index in [0.717, 1.165) is 18.5 Å². The quantitative estimate of drug-likeness (QED) is 0.887. The Morgan fingerprint density at radius 3 is 2.62 bits per heavy atom. The zero-order valence-electron chi connectivity index (χ0n) is 14.4. The molecule has 1 heterocycles. The largest absolute Gasteiger partial charge is 0.322 e. The highest BCUT2D eigenvalue weighted by Crippen LogP contribution is 2.23. The third-order valence-corrected chi connectivity index (χ3v) is 4.97. The molecule has 3 heteroatoms. The molecule has 24 heavy (non-hydrogen) atoms. The van der Waals surface area contributed by atoms with Gasteiger partial charge in [-0.05, 0) is 63.0 Å². The van der Waals surface area contributed by atoms with Gasteiger partial charge in [0.25, 0.3) is 5.91 Å². The number of para-hydroxylation sites is 1. The van der Waals surface area contributed by atoms with Crippen molar-refractivity contribution < 1.29 is 4.79 Å². The van der Waals surface area contributed by atoms with Crippen molar-refractivity contribution in [3.63, 3.8) is 0 Å². The molecular formula is C21H26N2O. The fourth-order valence-electron chi connectivity index (χ4n) is 3.48. The van der Waals surface area contributed by atoms with Crippen LogP contribution in [-0.2, 0) is 6.42 Å². The summed E-state index contributed by atoms with van der Waals surface area (Å²) in [5, 5.41) is 3.07. The van der Waals surface area contributed by atoms with E-state index in [1.165, 1.54) is 31.4 Å². The summed E-state index contributed by atoms with van der Waals surface area (Å²) in [7, 11) is 2.23. The van der Waals surface area contributed by atoms with E-state index in [0.29, 0.717) is 11.6 Å². The second-order valence-electron chi connectivity index (χ2n) is 6.65. The highest BCUT2D eigenvalue weighted by molar-refractivity contribution is 6.04. The van der Waals surface area contributed by atoms with Crippen molar-refractivity contribution in [1.82, 2.24) is 4.90 Å². The Kier molecular flexibility index (Phi) is 5.65. The van der Waals surface area contributed by atoms with Crippen LogP contribution in [0.25, 0.3) is 0 Å². The van der Waals surface area contributed by atoms with E-state index in [1.807, 2.05) is 42.5 Å². The van der Waals surface area contributed by atoms with Crippen molar-refractivity contribution in [2.24, 2.45) is 0 Å². The van der Waals surface area contributed by atoms with Crippen LogP contribution in [0.5, 0.6) is 0 Å². The van der Waals surface area contributed by atoms with Crippen molar-refractivity contribution in [1.29, 1.82) is 0 Å². The number of hydrogen-bond acceptors (Lipinski definition) is 2. The van der Waals surface area contributed by atoms with Gasteiger partial charge in [0.2, 0.25) is 0 Å². The minimum atomic E-state index is -0.0437. The summed E-state index contributed by atoms with van der Waals surface area (Å²) in [5.74, 6) is -0.0437. The van der Waals surface area contributed by atoms with Gasteiger partial charge in [0.05, 0.1) is 0 Å². The zero-order chi connectivity index (χ0) is 16.8. The Morgan fingerprint density at radius 1 is 1.08 bits per heavy atom. The third-order valence-electron chi connectivity index (χ3n) is 4.97. The number of carbonyl (C=O) groups is 1. The van der Waals surface area contributed by atoms with Gasteiger partial charge in [0.15, 0.2) is 0 Å². The number of benzene rings is 2. The molecule has 0 radical (unpaired) electrons. The van der Waals surface area contributed by atoms with E-state index in [-0.39, 0.29) is 5.91 Å². The normalized spacial score (nSPS) is 18.3. The summed E-state index contributed by atoms with van der Waals surface area (Å²) < 4.78 is 0. The maximum atomic E-state index is 12.4. The Hall–Kier alpha value is -2.13. The molecule has 0 spiro atoms. The first-order valence-electron chi connectivity index (χ1n) is 8.88. The van der Waals surface area contributed by atoms with Crippen LogP contribution in [-0.4, -0.2) is 30.4 Å². The summed E-state index contributed by atoms with van der Waals surface area (Å²) in [5.41, 5.74) is 2.85. The van der Waals surface area contributed by atoms with E-state index >= 15 is 0 Å². The molecule has 2 aromatic rings. The molecule has 3 rings (SSSR count). The molecule has 1 amide bonds. The third kappa shape index (κ3) is 4.24. The van der Waals surface area contributed by atoms with Crippen LogP contribution in [0.4, 0.5) is 5.69 Å². The zero-order valence-corrected chi connectivity index (χ0v) is 14.4. The summed E-state index contributed by atoms with van der Waals surface area (Å²) in [6, 6.07) is 18.2. The standard InChI is InChI=1S/C21H26N2O/c1-23-16-8-7-12-19(23)15-14-17-9-5-6-13-20(17)22-21(24)18-10-3-2-4-11-18/h2-6,9-11,13,19H,7-8,12,14-16H2,1H3,(H,22,24). The van der Waals surface area contributed by atoms with Crippen LogP contribution in [0.2, 0.25) is 0 Å². The summed E-state index contributed by atoms with van der Waals surface area (Å²) in [6.07, 6.45) is 6.09. The summed E-state index contributed by atoms with van der Waals surface area (Å²) in [4.78, 5) is 14.9. The van der Waals surface area contributed by atoms with Crippen LogP contribution in [0, 0.1) is 0 Å². The van der Waals surface area contributed by atoms with Gasteiger partial charge in [-0.3, -0.25) is 4.79 Å². The van der Waals surface area contributed by atoms with Gasteiger partial charge < -0.3 is 10.2 Å². The number of likely N-dealkylation sites (tertiary alicyclic amines) is 1. The molecule has 0 aromatic heterocycles. The van der Waals surface area contributed by atoms with Crippen molar-refractivity contribution >= 4 is 11.6 Å². The number of amides is 1. The molecule has 1 aliphatic rings. The molecule has 3 nitrogen and oxygen atoms in total. The van der Waals surface area contributed by atoms with Gasteiger partial charge in [-0.2, -0.15) is 0 Å². The van der Waals surface area contributed by atoms with Gasteiger partial charge in [-0.25, -0.2) is 0 Å². The molecule has 2 aromatic carbocycles. The average Bonchev–Trinajstić information content (AvgIpc) is 2.63. The molecule has 1 saturated heterocycles. The van der Waals surface area contributed by atoms with Gasteiger partial charge in [0, 0.05) is 17.3 Å². The van der Waals surface area contributed by atoms with Crippen molar-refractivity contribution in [2.75, 3.05) is 18.9 Å². The molecule has 1 atom stereocenters. The number of nitrogens with zero attached hydrogens (tertiary/aromatic N) is 1. The molecule has 1 aliphatic heterocycles. The molecule has 126 valence electrons. The summed E-state index contributed by atoms with van der Waals surface area (Å²) >= 11 is 0. The van der Waals surface area contributed by atoms with Crippen molar-refractivity contribution in [3.05, 3.63) is 65.7 Å². The SMILES string of the molecule is CN1CCCCC1CCc1ccccc1NC(=O)c1ccccc1. The lowest BCUT2D eigenvalue weighted by Gasteiger charge is -2.32. The molecule has 1 N–H and O–H groups in total. The molecule has 1 unspecified atom stereocenters. The first-order valence-corrected chi connectivity index (χ1v) is 8.88. The maximum absolute atomic E-state index is 12.4. The lowest BCUT2D eigenvalue weighted by atomic mass is 9.96. The molecule has 1 fully saturated rings. The minimum Gasteiger partial charge on any atom is -0.322 e. The fraction of sp³-hybridized carbons (Fsp3) is 0.381. The van der Waals surface area contributed by atoms with Gasteiger partial charge in [-0.1, -0.05) is 42.8 Å². The number of piperidine rings is 1. The molecule has 0 bridgehead atoms. The molecular weight excluding hydrogens is 296 g/mol. The predicted octanol–water partition coefficient (Wildman–Crippen LogP) is 4.36. The van der Waals surface area contributed by atoms with Crippen molar-refractivity contribution in [2.45, 2.75) is 38.1 Å². The Bertz CT molecular complexity index is 669. The maximum Gasteiger partial charge on any atom is 0.255 e. The average molecular weight is 322 g/mol. The molecule has 0 aliphatic carbocycles. The molecule has 0 saturated carbocycles. The van der Waals surface area contributed by atoms with E-state index in [2.05, 4.69) is 29.4 Å². The highest BCUT2D eigenvalue weighted by Gasteiger charge is 2.19. The minimum absolute atomic E-state index is 0.0437. The first-order chi connectivity index (χ1) is 11.7. The Balaban J connectivity index is 1.65. The van der Waals surface area contributed by atoms with E-state index in [4.69, 9.17) is 0 Å². The number of hydrogen-bond donors (Lipinski definition) is 1. The number of anilines is 1. The smallest absolute Gasteiger partial charge is 0.255 e. The number of aryl methyl sites for hydroxylation is 1. The highest BCUT2D eigenvalue weighted by atomic mass is 16.1. The topological polar surface area (TPSA) is 32.3 Å². The first kappa shape index (κ1) is 16.7. The van der Waals surface area contributed by atoms with E-state index in [9.17, 15) is 4.79 Å². The number of carbonyl (C=O) groups excluding carboxylic acids is 1. The van der Waals surface area contributed by atoms with Crippen LogP contribution < -0.4 is 5.32 Å². The van der Waals surface area contributed by atoms with Crippen LogP contribution in [0.15, 0.2) is 54.6 Å².